The average molecular weight is 258 g/mol. The van der Waals surface area contributed by atoms with Crippen molar-refractivity contribution >= 4 is 0 Å². The van der Waals surface area contributed by atoms with E-state index in [4.69, 9.17) is 5.84 Å². The molecule has 2 aromatic rings. The summed E-state index contributed by atoms with van der Waals surface area (Å²) >= 11 is 0. The number of nitrogens with one attached hydrogen (secondary N) is 1. The Hall–Kier alpha value is -1.65. The molecule has 0 saturated carbocycles. The van der Waals surface area contributed by atoms with Crippen LogP contribution in [0.15, 0.2) is 36.5 Å². The third-order valence-electron chi connectivity index (χ3n) is 3.96. The first kappa shape index (κ1) is 13.8. The lowest BCUT2D eigenvalue weighted by Crippen LogP contribution is -2.42. The molecule has 0 amide bonds. The molecule has 4 heteroatoms. The maximum absolute atomic E-state index is 5.82. The quantitative estimate of drug-likeness (QED) is 0.653. The van der Waals surface area contributed by atoms with Crippen LogP contribution in [0.25, 0.3) is 0 Å². The largest absolute Gasteiger partial charge is 0.334 e. The monoisotopic (exact) mass is 258 g/mol. The second-order valence-electron chi connectivity index (χ2n) is 5.48. The van der Waals surface area contributed by atoms with Crippen molar-refractivity contribution < 1.29 is 0 Å². The number of nitrogens with zero attached hydrogens (tertiary/aromatic N) is 2. The minimum atomic E-state index is -0.129. The summed E-state index contributed by atoms with van der Waals surface area (Å²) in [6.07, 6.45) is 1.89. The summed E-state index contributed by atoms with van der Waals surface area (Å²) in [6, 6.07) is 10.4. The van der Waals surface area contributed by atoms with E-state index in [-0.39, 0.29) is 11.5 Å². The van der Waals surface area contributed by atoms with Crippen molar-refractivity contribution in [1.82, 2.24) is 15.0 Å². The van der Waals surface area contributed by atoms with Crippen LogP contribution in [0.1, 0.15) is 37.0 Å². The van der Waals surface area contributed by atoms with E-state index in [0.717, 1.165) is 11.5 Å². The number of imidazole rings is 1. The molecule has 0 bridgehead atoms. The van der Waals surface area contributed by atoms with Gasteiger partial charge in [-0.2, -0.15) is 0 Å². The first-order valence-corrected chi connectivity index (χ1v) is 6.48. The SMILES string of the molecule is Cc1ncc(C(NN)C(C)(C)c2ccccc2)n1C. The Morgan fingerprint density at radius 3 is 2.37 bits per heavy atom. The van der Waals surface area contributed by atoms with E-state index >= 15 is 0 Å². The Labute approximate surface area is 114 Å². The zero-order valence-corrected chi connectivity index (χ0v) is 12.0. The average Bonchev–Trinajstić information content (AvgIpc) is 2.73. The van der Waals surface area contributed by atoms with Crippen molar-refractivity contribution in [3.05, 3.63) is 53.6 Å². The molecule has 1 heterocycles. The van der Waals surface area contributed by atoms with Crippen molar-refractivity contribution in [1.29, 1.82) is 0 Å². The first-order chi connectivity index (χ1) is 8.98. The fourth-order valence-corrected chi connectivity index (χ4v) is 2.49. The molecule has 0 aliphatic heterocycles. The van der Waals surface area contributed by atoms with Crippen molar-refractivity contribution in [2.24, 2.45) is 12.9 Å². The predicted molar refractivity (Wildman–Crippen MR) is 77.5 cm³/mol. The second-order valence-corrected chi connectivity index (χ2v) is 5.48. The van der Waals surface area contributed by atoms with E-state index in [1.807, 2.05) is 26.2 Å². The number of benzene rings is 1. The van der Waals surface area contributed by atoms with E-state index in [1.165, 1.54) is 5.56 Å². The number of aromatic nitrogens is 2. The maximum Gasteiger partial charge on any atom is 0.105 e. The Kier molecular flexibility index (Phi) is 3.73. The number of hydrogen-bond acceptors (Lipinski definition) is 3. The molecule has 0 aliphatic rings. The summed E-state index contributed by atoms with van der Waals surface area (Å²) in [7, 11) is 2.02. The minimum absolute atomic E-state index is 0.00102. The standard InChI is InChI=1S/C15H22N4/c1-11-17-10-13(19(11)4)14(18-16)15(2,3)12-8-6-5-7-9-12/h5-10,14,18H,16H2,1-4H3. The molecule has 2 rings (SSSR count). The van der Waals surface area contributed by atoms with Crippen LogP contribution in [0.2, 0.25) is 0 Å². The molecular weight excluding hydrogens is 236 g/mol. The van der Waals surface area contributed by atoms with Gasteiger partial charge in [-0.3, -0.25) is 11.3 Å². The van der Waals surface area contributed by atoms with Gasteiger partial charge in [0, 0.05) is 12.5 Å². The molecule has 0 radical (unpaired) electrons. The molecule has 102 valence electrons. The highest BCUT2D eigenvalue weighted by Gasteiger charge is 2.33. The zero-order chi connectivity index (χ0) is 14.0. The summed E-state index contributed by atoms with van der Waals surface area (Å²) in [5, 5.41) is 0. The van der Waals surface area contributed by atoms with Crippen molar-refractivity contribution in [3.8, 4) is 0 Å². The van der Waals surface area contributed by atoms with Crippen LogP contribution in [-0.2, 0) is 12.5 Å². The molecular formula is C15H22N4. The van der Waals surface area contributed by atoms with E-state index in [9.17, 15) is 0 Å². The van der Waals surface area contributed by atoms with Gasteiger partial charge < -0.3 is 4.57 Å². The van der Waals surface area contributed by atoms with Gasteiger partial charge in [0.05, 0.1) is 17.9 Å². The Bertz CT molecular complexity index is 543. The van der Waals surface area contributed by atoms with Crippen LogP contribution < -0.4 is 11.3 Å². The van der Waals surface area contributed by atoms with Gasteiger partial charge in [0.1, 0.15) is 5.82 Å². The van der Waals surface area contributed by atoms with Crippen LogP contribution in [0.5, 0.6) is 0 Å². The highest BCUT2D eigenvalue weighted by Crippen LogP contribution is 2.36. The molecule has 19 heavy (non-hydrogen) atoms. The van der Waals surface area contributed by atoms with Gasteiger partial charge in [0.15, 0.2) is 0 Å². The van der Waals surface area contributed by atoms with Crippen molar-refractivity contribution in [2.75, 3.05) is 0 Å². The lowest BCUT2D eigenvalue weighted by atomic mass is 9.76. The van der Waals surface area contributed by atoms with Crippen molar-refractivity contribution in [3.63, 3.8) is 0 Å². The highest BCUT2D eigenvalue weighted by atomic mass is 15.3. The number of hydrogen-bond donors (Lipinski definition) is 2. The predicted octanol–water partition coefficient (Wildman–Crippen LogP) is 2.21. The van der Waals surface area contributed by atoms with Gasteiger partial charge >= 0.3 is 0 Å². The lowest BCUT2D eigenvalue weighted by molar-refractivity contribution is 0.339. The lowest BCUT2D eigenvalue weighted by Gasteiger charge is -2.34. The molecule has 1 aromatic heterocycles. The molecule has 1 atom stereocenters. The second kappa shape index (κ2) is 5.15. The normalized spacial score (nSPS) is 13.5. The Morgan fingerprint density at radius 2 is 1.89 bits per heavy atom. The molecule has 1 unspecified atom stereocenters. The van der Waals surface area contributed by atoms with Gasteiger partial charge in [0.25, 0.3) is 0 Å². The van der Waals surface area contributed by atoms with E-state index < -0.39 is 0 Å². The molecule has 0 aliphatic carbocycles. The van der Waals surface area contributed by atoms with Crippen LogP contribution in [0.4, 0.5) is 0 Å². The first-order valence-electron chi connectivity index (χ1n) is 6.48. The van der Waals surface area contributed by atoms with Crippen molar-refractivity contribution in [2.45, 2.75) is 32.2 Å². The fourth-order valence-electron chi connectivity index (χ4n) is 2.49. The minimum Gasteiger partial charge on any atom is -0.334 e. The van der Waals surface area contributed by atoms with E-state index in [2.05, 4.69) is 53.1 Å². The number of hydrazine groups is 1. The smallest absolute Gasteiger partial charge is 0.105 e. The Balaban J connectivity index is 2.44. The maximum atomic E-state index is 5.82. The van der Waals surface area contributed by atoms with Gasteiger partial charge in [-0.05, 0) is 12.5 Å². The molecule has 0 saturated heterocycles. The zero-order valence-electron chi connectivity index (χ0n) is 12.0. The van der Waals surface area contributed by atoms with Gasteiger partial charge in [0.2, 0.25) is 0 Å². The molecule has 1 aromatic carbocycles. The summed E-state index contributed by atoms with van der Waals surface area (Å²) in [4.78, 5) is 4.36. The number of nitrogens with two attached hydrogens (primary N) is 1. The summed E-state index contributed by atoms with van der Waals surface area (Å²) in [6.45, 7) is 6.37. The van der Waals surface area contributed by atoms with Gasteiger partial charge in [-0.15, -0.1) is 0 Å². The molecule has 3 N–H and O–H groups in total. The van der Waals surface area contributed by atoms with Crippen LogP contribution in [-0.4, -0.2) is 9.55 Å². The third kappa shape index (κ3) is 2.41. The fraction of sp³-hybridized carbons (Fsp3) is 0.400. The number of rotatable bonds is 4. The summed E-state index contributed by atoms with van der Waals surface area (Å²) in [5.74, 6) is 6.80. The van der Waals surface area contributed by atoms with Gasteiger partial charge in [-0.25, -0.2) is 4.98 Å². The van der Waals surface area contributed by atoms with E-state index in [1.54, 1.807) is 0 Å². The molecule has 4 nitrogen and oxygen atoms in total. The summed E-state index contributed by atoms with van der Waals surface area (Å²) < 4.78 is 2.08. The summed E-state index contributed by atoms with van der Waals surface area (Å²) in [5.41, 5.74) is 5.16. The van der Waals surface area contributed by atoms with Gasteiger partial charge in [-0.1, -0.05) is 44.2 Å². The van der Waals surface area contributed by atoms with E-state index in [0.29, 0.717) is 0 Å². The number of aryl methyl sites for hydroxylation is 1. The Morgan fingerprint density at radius 1 is 1.26 bits per heavy atom. The molecule has 0 spiro atoms. The highest BCUT2D eigenvalue weighted by molar-refractivity contribution is 5.29. The third-order valence-corrected chi connectivity index (χ3v) is 3.96. The topological polar surface area (TPSA) is 55.9 Å². The van der Waals surface area contributed by atoms with Crippen LogP contribution in [0.3, 0.4) is 0 Å². The molecule has 0 fully saturated rings. The van der Waals surface area contributed by atoms with Crippen LogP contribution in [0, 0.1) is 6.92 Å². The van der Waals surface area contributed by atoms with Crippen LogP contribution >= 0.6 is 0 Å².